The van der Waals surface area contributed by atoms with Gasteiger partial charge in [0.2, 0.25) is 0 Å². The molecule has 6 heteroatoms. The first-order chi connectivity index (χ1) is 8.78. The minimum Gasteiger partial charge on any atom is -0.306 e. The number of nitriles is 1. The summed E-state index contributed by atoms with van der Waals surface area (Å²) in [7, 11) is 1.68. The summed E-state index contributed by atoms with van der Waals surface area (Å²) in [6.45, 7) is 5.18. The normalized spacial score (nSPS) is 15.3. The van der Waals surface area contributed by atoms with Crippen molar-refractivity contribution in [2.45, 2.75) is 51.2 Å². The SMILES string of the molecule is CCNC(C#N)(CC)CCCN(C)CCC(F)(F)F. The molecule has 0 aliphatic heterocycles. The Morgan fingerprint density at radius 2 is 1.79 bits per heavy atom. The highest BCUT2D eigenvalue weighted by atomic mass is 19.4. The molecule has 0 aliphatic carbocycles. The predicted octanol–water partition coefficient (Wildman–Crippen LogP) is 2.93. The van der Waals surface area contributed by atoms with Crippen LogP contribution in [0.15, 0.2) is 0 Å². The molecule has 0 amide bonds. The second kappa shape index (κ2) is 8.39. The monoisotopic (exact) mass is 279 g/mol. The van der Waals surface area contributed by atoms with Crippen LogP contribution >= 0.6 is 0 Å². The minimum absolute atomic E-state index is 0.0103. The second-order valence-corrected chi connectivity index (χ2v) is 4.85. The van der Waals surface area contributed by atoms with Gasteiger partial charge < -0.3 is 4.90 Å². The van der Waals surface area contributed by atoms with Crippen LogP contribution in [0.1, 0.15) is 39.5 Å². The van der Waals surface area contributed by atoms with Crippen LogP contribution in [0, 0.1) is 11.3 Å². The molecule has 0 aromatic rings. The fourth-order valence-corrected chi connectivity index (χ4v) is 1.98. The Morgan fingerprint density at radius 1 is 1.16 bits per heavy atom. The third-order valence-electron chi connectivity index (χ3n) is 3.25. The van der Waals surface area contributed by atoms with E-state index in [9.17, 15) is 18.4 Å². The van der Waals surface area contributed by atoms with Gasteiger partial charge in [0, 0.05) is 6.54 Å². The lowest BCUT2D eigenvalue weighted by atomic mass is 9.92. The number of hydrogen-bond acceptors (Lipinski definition) is 3. The van der Waals surface area contributed by atoms with Crippen LogP contribution in [-0.4, -0.2) is 43.3 Å². The number of nitrogens with one attached hydrogen (secondary N) is 1. The van der Waals surface area contributed by atoms with Crippen LogP contribution < -0.4 is 5.32 Å². The van der Waals surface area contributed by atoms with Crippen molar-refractivity contribution in [3.05, 3.63) is 0 Å². The Hall–Kier alpha value is -0.800. The smallest absolute Gasteiger partial charge is 0.306 e. The predicted molar refractivity (Wildman–Crippen MR) is 69.7 cm³/mol. The molecular formula is C13H24F3N3. The summed E-state index contributed by atoms with van der Waals surface area (Å²) < 4.78 is 36.2. The van der Waals surface area contributed by atoms with Crippen molar-refractivity contribution >= 4 is 0 Å². The van der Waals surface area contributed by atoms with Gasteiger partial charge in [0.25, 0.3) is 0 Å². The van der Waals surface area contributed by atoms with Gasteiger partial charge >= 0.3 is 6.18 Å². The maximum Gasteiger partial charge on any atom is 0.390 e. The van der Waals surface area contributed by atoms with E-state index in [1.165, 1.54) is 0 Å². The van der Waals surface area contributed by atoms with E-state index in [1.807, 2.05) is 13.8 Å². The molecule has 112 valence electrons. The first-order valence-corrected chi connectivity index (χ1v) is 6.70. The van der Waals surface area contributed by atoms with E-state index in [0.29, 0.717) is 32.4 Å². The molecule has 0 bridgehead atoms. The van der Waals surface area contributed by atoms with Crippen molar-refractivity contribution < 1.29 is 13.2 Å². The molecule has 0 saturated heterocycles. The number of alkyl halides is 3. The molecule has 1 unspecified atom stereocenters. The summed E-state index contributed by atoms with van der Waals surface area (Å²) in [5.74, 6) is 0. The molecule has 0 radical (unpaired) electrons. The van der Waals surface area contributed by atoms with E-state index in [4.69, 9.17) is 0 Å². The summed E-state index contributed by atoms with van der Waals surface area (Å²) in [4.78, 5) is 1.66. The molecule has 3 nitrogen and oxygen atoms in total. The van der Waals surface area contributed by atoms with Crippen molar-refractivity contribution in [3.63, 3.8) is 0 Å². The highest BCUT2D eigenvalue weighted by molar-refractivity contribution is 5.05. The van der Waals surface area contributed by atoms with E-state index in [1.54, 1.807) is 11.9 Å². The summed E-state index contributed by atoms with van der Waals surface area (Å²) >= 11 is 0. The Kier molecular flexibility index (Phi) is 8.03. The van der Waals surface area contributed by atoms with E-state index >= 15 is 0 Å². The highest BCUT2D eigenvalue weighted by Gasteiger charge is 2.28. The molecule has 19 heavy (non-hydrogen) atoms. The van der Waals surface area contributed by atoms with Crippen LogP contribution in [-0.2, 0) is 0 Å². The zero-order valence-electron chi connectivity index (χ0n) is 12.0. The van der Waals surface area contributed by atoms with Crippen molar-refractivity contribution in [1.82, 2.24) is 10.2 Å². The summed E-state index contributed by atoms with van der Waals surface area (Å²) in [6, 6.07) is 2.29. The third-order valence-corrected chi connectivity index (χ3v) is 3.25. The third kappa shape index (κ3) is 8.06. The van der Waals surface area contributed by atoms with Crippen molar-refractivity contribution in [3.8, 4) is 6.07 Å². The first kappa shape index (κ1) is 18.2. The van der Waals surface area contributed by atoms with Crippen LogP contribution in [0.25, 0.3) is 0 Å². The second-order valence-electron chi connectivity index (χ2n) is 4.85. The first-order valence-electron chi connectivity index (χ1n) is 6.70. The molecule has 0 aliphatic rings. The average molecular weight is 279 g/mol. The number of hydrogen-bond donors (Lipinski definition) is 1. The van der Waals surface area contributed by atoms with E-state index in [2.05, 4.69) is 11.4 Å². The number of halogens is 3. The van der Waals surface area contributed by atoms with Gasteiger partial charge in [-0.15, -0.1) is 0 Å². The van der Waals surface area contributed by atoms with Crippen LogP contribution in [0.4, 0.5) is 13.2 Å². The van der Waals surface area contributed by atoms with E-state index < -0.39 is 18.1 Å². The highest BCUT2D eigenvalue weighted by Crippen LogP contribution is 2.20. The molecule has 0 fully saturated rings. The largest absolute Gasteiger partial charge is 0.390 e. The zero-order valence-corrected chi connectivity index (χ0v) is 12.0. The van der Waals surface area contributed by atoms with Crippen molar-refractivity contribution in [1.29, 1.82) is 5.26 Å². The summed E-state index contributed by atoms with van der Waals surface area (Å²) in [6.07, 6.45) is -2.82. The molecule has 0 aromatic heterocycles. The molecule has 0 heterocycles. The maximum atomic E-state index is 12.1. The summed E-state index contributed by atoms with van der Waals surface area (Å²) in [5.41, 5.74) is -0.542. The van der Waals surface area contributed by atoms with Crippen LogP contribution in [0.2, 0.25) is 0 Å². The number of nitrogens with zero attached hydrogens (tertiary/aromatic N) is 2. The van der Waals surface area contributed by atoms with Gasteiger partial charge in [-0.3, -0.25) is 5.32 Å². The van der Waals surface area contributed by atoms with Gasteiger partial charge in [-0.05, 0) is 39.4 Å². The fourth-order valence-electron chi connectivity index (χ4n) is 1.98. The number of rotatable bonds is 9. The van der Waals surface area contributed by atoms with Gasteiger partial charge in [-0.2, -0.15) is 18.4 Å². The van der Waals surface area contributed by atoms with Gasteiger partial charge in [0.05, 0.1) is 12.5 Å². The zero-order chi connectivity index (χ0) is 14.9. The van der Waals surface area contributed by atoms with Gasteiger partial charge in [-0.1, -0.05) is 13.8 Å². The van der Waals surface area contributed by atoms with Crippen LogP contribution in [0.5, 0.6) is 0 Å². The molecule has 0 rings (SSSR count). The average Bonchev–Trinajstić information content (AvgIpc) is 2.34. The Morgan fingerprint density at radius 3 is 2.21 bits per heavy atom. The van der Waals surface area contributed by atoms with Crippen molar-refractivity contribution in [2.24, 2.45) is 0 Å². The lowest BCUT2D eigenvalue weighted by Gasteiger charge is -2.27. The van der Waals surface area contributed by atoms with Crippen LogP contribution in [0.3, 0.4) is 0 Å². The lowest BCUT2D eigenvalue weighted by Crippen LogP contribution is -2.43. The van der Waals surface area contributed by atoms with Gasteiger partial charge in [-0.25, -0.2) is 0 Å². The van der Waals surface area contributed by atoms with Gasteiger partial charge in [0.15, 0.2) is 0 Å². The molecule has 0 spiro atoms. The van der Waals surface area contributed by atoms with Gasteiger partial charge in [0.1, 0.15) is 5.54 Å². The van der Waals surface area contributed by atoms with E-state index in [0.717, 1.165) is 0 Å². The van der Waals surface area contributed by atoms with E-state index in [-0.39, 0.29) is 6.54 Å². The Bertz CT molecular complexity index is 286. The molecule has 0 saturated carbocycles. The Balaban J connectivity index is 4.03. The Labute approximate surface area is 113 Å². The molecular weight excluding hydrogens is 255 g/mol. The maximum absolute atomic E-state index is 12.1. The lowest BCUT2D eigenvalue weighted by molar-refractivity contribution is -0.137. The minimum atomic E-state index is -4.10. The topological polar surface area (TPSA) is 39.1 Å². The molecule has 0 aromatic carbocycles. The summed E-state index contributed by atoms with van der Waals surface area (Å²) in [5, 5.41) is 12.4. The standard InChI is InChI=1S/C13H24F3N3/c1-4-12(11-17,18-5-2)7-6-9-19(3)10-8-13(14,15)16/h18H,4-10H2,1-3H3. The van der Waals surface area contributed by atoms with Crippen molar-refractivity contribution in [2.75, 3.05) is 26.7 Å². The quantitative estimate of drug-likeness (QED) is 0.705. The molecule has 1 N–H and O–H groups in total. The fraction of sp³-hybridized carbons (Fsp3) is 0.923. The molecule has 1 atom stereocenters.